The second-order valence-corrected chi connectivity index (χ2v) is 7.49. The Bertz CT molecular complexity index is 1230. The number of aliphatic imine (C=N–C) groups is 1. The van der Waals surface area contributed by atoms with Crippen molar-refractivity contribution in [3.05, 3.63) is 88.0 Å². The number of rotatable bonds is 5. The third kappa shape index (κ3) is 5.31. The molecular weight excluding hydrogens is 434 g/mol. The van der Waals surface area contributed by atoms with Gasteiger partial charge in [0.15, 0.2) is 11.6 Å². The number of benzene rings is 3. The molecule has 0 saturated carbocycles. The summed E-state index contributed by atoms with van der Waals surface area (Å²) in [4.78, 5) is 3.40. The van der Waals surface area contributed by atoms with Crippen molar-refractivity contribution < 1.29 is 17.6 Å². The smallest absolute Gasteiger partial charge is 0.153 e. The molecule has 0 unspecified atom stereocenters. The maximum absolute atomic E-state index is 14.3. The second-order valence-electron chi connectivity index (χ2n) is 7.31. The number of unbranched alkanes of at least 4 members (excludes halogenated alkanes) is 1. The monoisotopic (exact) mass is 453 g/mol. The highest BCUT2D eigenvalue weighted by molar-refractivity contribution is 7.78. The minimum atomic E-state index is -0.853. The summed E-state index contributed by atoms with van der Waals surface area (Å²) >= 11 is 4.40. The van der Waals surface area contributed by atoms with Gasteiger partial charge in [-0.3, -0.25) is 0 Å². The lowest BCUT2D eigenvalue weighted by atomic mass is 9.97. The molecule has 0 atom stereocenters. The minimum Gasteiger partial charge on any atom is -0.206 e. The van der Waals surface area contributed by atoms with Gasteiger partial charge in [0.2, 0.25) is 0 Å². The van der Waals surface area contributed by atoms with Crippen LogP contribution in [-0.4, -0.2) is 5.16 Å². The maximum Gasteiger partial charge on any atom is 0.153 e. The zero-order valence-corrected chi connectivity index (χ0v) is 18.3. The van der Waals surface area contributed by atoms with Crippen LogP contribution in [0.25, 0.3) is 11.1 Å². The third-order valence-corrected chi connectivity index (χ3v) is 5.06. The second kappa shape index (κ2) is 10.4. The van der Waals surface area contributed by atoms with Gasteiger partial charge in [-0.2, -0.15) is 4.99 Å². The molecule has 0 aliphatic rings. The van der Waals surface area contributed by atoms with Crippen LogP contribution in [-0.2, 0) is 6.42 Å². The van der Waals surface area contributed by atoms with Crippen LogP contribution in [0.3, 0.4) is 0 Å². The van der Waals surface area contributed by atoms with Gasteiger partial charge in [0.05, 0.1) is 10.7 Å². The summed E-state index contributed by atoms with van der Waals surface area (Å²) in [6, 6.07) is 9.91. The highest BCUT2D eigenvalue weighted by atomic mass is 32.1. The van der Waals surface area contributed by atoms with Crippen molar-refractivity contribution in [3.8, 4) is 23.0 Å². The largest absolute Gasteiger partial charge is 0.206 e. The molecule has 0 amide bonds. The molecule has 0 aliphatic carbocycles. The predicted molar refractivity (Wildman–Crippen MR) is 122 cm³/mol. The van der Waals surface area contributed by atoms with E-state index in [2.05, 4.69) is 29.1 Å². The molecule has 0 N–H and O–H groups in total. The number of thiocarbonyl (C=S) groups is 1. The van der Waals surface area contributed by atoms with Gasteiger partial charge in [0.25, 0.3) is 0 Å². The van der Waals surface area contributed by atoms with Crippen molar-refractivity contribution in [3.63, 3.8) is 0 Å². The summed E-state index contributed by atoms with van der Waals surface area (Å²) in [5.74, 6) is 2.23. The molecule has 0 fully saturated rings. The van der Waals surface area contributed by atoms with Gasteiger partial charge in [-0.05, 0) is 90.6 Å². The highest BCUT2D eigenvalue weighted by Gasteiger charge is 2.13. The van der Waals surface area contributed by atoms with Crippen LogP contribution in [0.1, 0.15) is 42.0 Å². The van der Waals surface area contributed by atoms with Crippen molar-refractivity contribution in [2.75, 3.05) is 0 Å². The van der Waals surface area contributed by atoms with E-state index in [1.54, 1.807) is 25.1 Å². The lowest BCUT2D eigenvalue weighted by Crippen LogP contribution is -1.95. The van der Waals surface area contributed by atoms with Crippen molar-refractivity contribution in [2.24, 2.45) is 4.99 Å². The van der Waals surface area contributed by atoms with Crippen LogP contribution in [0.2, 0.25) is 0 Å². The number of halogens is 4. The SMILES string of the molecule is CCCCc1cc(F)c(C#Cc2ccc(-c3cc(F)c(N=C=S)c(F)c3)c(C)c2)c(F)c1. The molecule has 0 aromatic heterocycles. The number of isothiocyanates is 1. The normalized spacial score (nSPS) is 10.3. The van der Waals surface area contributed by atoms with E-state index in [1.807, 2.05) is 12.1 Å². The van der Waals surface area contributed by atoms with Gasteiger partial charge in [-0.25, -0.2) is 17.6 Å². The average molecular weight is 454 g/mol. The van der Waals surface area contributed by atoms with E-state index >= 15 is 0 Å². The van der Waals surface area contributed by atoms with E-state index in [4.69, 9.17) is 0 Å². The van der Waals surface area contributed by atoms with Crippen LogP contribution < -0.4 is 0 Å². The van der Waals surface area contributed by atoms with Gasteiger partial charge in [-0.1, -0.05) is 31.3 Å². The van der Waals surface area contributed by atoms with Gasteiger partial charge < -0.3 is 0 Å². The molecule has 0 bridgehead atoms. The summed E-state index contributed by atoms with van der Waals surface area (Å²) in [5.41, 5.74) is 1.94. The summed E-state index contributed by atoms with van der Waals surface area (Å²) < 4.78 is 57.0. The van der Waals surface area contributed by atoms with Crippen LogP contribution in [0.5, 0.6) is 0 Å². The first-order valence-corrected chi connectivity index (χ1v) is 10.4. The molecule has 0 heterocycles. The molecule has 32 heavy (non-hydrogen) atoms. The average Bonchev–Trinajstić information content (AvgIpc) is 2.74. The fourth-order valence-corrected chi connectivity index (χ4v) is 3.44. The quantitative estimate of drug-likeness (QED) is 0.167. The first-order chi connectivity index (χ1) is 15.3. The molecule has 0 spiro atoms. The van der Waals surface area contributed by atoms with E-state index in [1.165, 1.54) is 12.1 Å². The Hall–Kier alpha value is -3.26. The summed E-state index contributed by atoms with van der Waals surface area (Å²) in [6.07, 6.45) is 2.40. The Labute approximate surface area is 189 Å². The van der Waals surface area contributed by atoms with Crippen LogP contribution in [0, 0.1) is 42.0 Å². The Balaban J connectivity index is 1.91. The minimum absolute atomic E-state index is 0.286. The molecule has 0 saturated heterocycles. The standard InChI is InChI=1S/C26H19F4NS/c1-3-4-5-18-11-22(27)21(23(28)12-18)9-7-17-6-8-20(16(2)10-17)19-13-24(29)26(31-15-32)25(30)14-19/h6,8,10-14H,3-5H2,1-2H3. The lowest BCUT2D eigenvalue weighted by Gasteiger charge is -2.08. The Morgan fingerprint density at radius 2 is 1.53 bits per heavy atom. The fourth-order valence-electron chi connectivity index (χ4n) is 3.34. The summed E-state index contributed by atoms with van der Waals surface area (Å²) in [6.45, 7) is 3.76. The van der Waals surface area contributed by atoms with E-state index in [-0.39, 0.29) is 5.56 Å². The third-order valence-electron chi connectivity index (χ3n) is 4.96. The van der Waals surface area contributed by atoms with Gasteiger partial charge >= 0.3 is 0 Å². The summed E-state index contributed by atoms with van der Waals surface area (Å²) in [5, 5.41) is 1.95. The number of aryl methyl sites for hydroxylation is 2. The van der Waals surface area contributed by atoms with Crippen molar-refractivity contribution in [2.45, 2.75) is 33.1 Å². The van der Waals surface area contributed by atoms with E-state index < -0.39 is 29.0 Å². The van der Waals surface area contributed by atoms with E-state index in [0.29, 0.717) is 34.2 Å². The zero-order chi connectivity index (χ0) is 23.3. The van der Waals surface area contributed by atoms with Crippen LogP contribution in [0.4, 0.5) is 23.2 Å². The van der Waals surface area contributed by atoms with Crippen LogP contribution in [0.15, 0.2) is 47.5 Å². The molecule has 6 heteroatoms. The van der Waals surface area contributed by atoms with Gasteiger partial charge in [-0.15, -0.1) is 0 Å². The molecule has 3 aromatic carbocycles. The van der Waals surface area contributed by atoms with Crippen molar-refractivity contribution in [1.82, 2.24) is 0 Å². The fraction of sp³-hybridized carbons (Fsp3) is 0.192. The first-order valence-electron chi connectivity index (χ1n) is 10.0. The molecular formula is C26H19F4NS. The van der Waals surface area contributed by atoms with Crippen LogP contribution >= 0.6 is 12.2 Å². The van der Waals surface area contributed by atoms with Gasteiger partial charge in [0.1, 0.15) is 17.3 Å². The van der Waals surface area contributed by atoms with Crippen molar-refractivity contribution >= 4 is 23.1 Å². The molecule has 162 valence electrons. The molecule has 3 aromatic rings. The first kappa shape index (κ1) is 23.4. The topological polar surface area (TPSA) is 12.4 Å². The van der Waals surface area contributed by atoms with E-state index in [0.717, 1.165) is 25.0 Å². The predicted octanol–water partition coefficient (Wildman–Crippen LogP) is 7.70. The van der Waals surface area contributed by atoms with E-state index in [9.17, 15) is 17.6 Å². The number of hydrogen-bond donors (Lipinski definition) is 0. The Kier molecular flexibility index (Phi) is 7.58. The Morgan fingerprint density at radius 3 is 2.09 bits per heavy atom. The Morgan fingerprint density at radius 1 is 0.875 bits per heavy atom. The zero-order valence-electron chi connectivity index (χ0n) is 17.5. The molecule has 0 radical (unpaired) electrons. The number of hydrogen-bond acceptors (Lipinski definition) is 2. The molecule has 0 aliphatic heterocycles. The molecule has 3 rings (SSSR count). The maximum atomic E-state index is 14.3. The van der Waals surface area contributed by atoms with Crippen molar-refractivity contribution in [1.29, 1.82) is 0 Å². The summed E-state index contributed by atoms with van der Waals surface area (Å²) in [7, 11) is 0. The molecule has 1 nitrogen and oxygen atoms in total. The van der Waals surface area contributed by atoms with Gasteiger partial charge in [0, 0.05) is 5.56 Å². The lowest BCUT2D eigenvalue weighted by molar-refractivity contribution is 0.572. The highest BCUT2D eigenvalue weighted by Crippen LogP contribution is 2.31. The number of nitrogens with zero attached hydrogens (tertiary/aromatic N) is 1.